The van der Waals surface area contributed by atoms with Gasteiger partial charge in [-0.2, -0.15) is 0 Å². The first-order valence-corrected chi connectivity index (χ1v) is 16.6. The molecule has 0 spiro atoms. The molecule has 0 saturated carbocycles. The molecular formula is C35H34ClFN2O7S. The summed E-state index contributed by atoms with van der Waals surface area (Å²) in [6.07, 6.45) is 0.0979. The van der Waals surface area contributed by atoms with Crippen LogP contribution >= 0.6 is 11.6 Å². The number of carbonyl (C=O) groups is 2. The summed E-state index contributed by atoms with van der Waals surface area (Å²) in [4.78, 5) is 25.8. The monoisotopic (exact) mass is 680 g/mol. The second-order valence-electron chi connectivity index (χ2n) is 11.8. The van der Waals surface area contributed by atoms with Crippen LogP contribution in [0.15, 0.2) is 89.8 Å². The fourth-order valence-corrected chi connectivity index (χ4v) is 7.14. The molecule has 5 rings (SSSR count). The van der Waals surface area contributed by atoms with Crippen LogP contribution in [0.3, 0.4) is 0 Å². The first kappa shape index (κ1) is 33.7. The predicted octanol–water partition coefficient (Wildman–Crippen LogP) is 6.43. The Morgan fingerprint density at radius 3 is 2.34 bits per heavy atom. The number of anilines is 1. The largest absolute Gasteiger partial charge is 0.496 e. The van der Waals surface area contributed by atoms with Crippen LogP contribution in [-0.4, -0.2) is 52.2 Å². The molecule has 0 bridgehead atoms. The van der Waals surface area contributed by atoms with Gasteiger partial charge in [-0.3, -0.25) is 9.10 Å². The summed E-state index contributed by atoms with van der Waals surface area (Å²) in [5.41, 5.74) is 1.85. The summed E-state index contributed by atoms with van der Waals surface area (Å²) in [6.45, 7) is 5.56. The lowest BCUT2D eigenvalue weighted by Crippen LogP contribution is -2.48. The zero-order chi connectivity index (χ0) is 33.9. The number of methoxy groups -OCH3 is 1. The molecule has 4 aromatic carbocycles. The van der Waals surface area contributed by atoms with Crippen LogP contribution in [-0.2, 0) is 26.0 Å². The van der Waals surface area contributed by atoms with Crippen molar-refractivity contribution in [3.63, 3.8) is 0 Å². The number of benzene rings is 4. The molecule has 0 saturated heterocycles. The molecule has 47 heavy (non-hydrogen) atoms. The number of rotatable bonds is 10. The molecule has 246 valence electrons. The number of sulfonamides is 1. The van der Waals surface area contributed by atoms with Crippen LogP contribution in [0.5, 0.6) is 11.5 Å². The van der Waals surface area contributed by atoms with Gasteiger partial charge in [-0.1, -0.05) is 29.8 Å². The predicted molar refractivity (Wildman–Crippen MR) is 177 cm³/mol. The van der Waals surface area contributed by atoms with Gasteiger partial charge in [0, 0.05) is 17.5 Å². The summed E-state index contributed by atoms with van der Waals surface area (Å²) in [5.74, 6) is -0.480. The summed E-state index contributed by atoms with van der Waals surface area (Å²) >= 11 is 6.21. The van der Waals surface area contributed by atoms with E-state index in [0.717, 1.165) is 4.31 Å². The minimum Gasteiger partial charge on any atom is -0.496 e. The molecule has 4 aromatic rings. The number of carbonyl (C=O) groups excluding carboxylic acids is 2. The van der Waals surface area contributed by atoms with Gasteiger partial charge in [-0.15, -0.1) is 0 Å². The normalized spacial score (nSPS) is 14.3. The number of ether oxygens (including phenoxy) is 3. The molecule has 9 nitrogen and oxygen atoms in total. The first-order chi connectivity index (χ1) is 22.3. The highest BCUT2D eigenvalue weighted by Gasteiger charge is 2.43. The zero-order valence-electron chi connectivity index (χ0n) is 26.3. The van der Waals surface area contributed by atoms with Crippen LogP contribution in [0.2, 0.25) is 5.02 Å². The van der Waals surface area contributed by atoms with E-state index >= 15 is 0 Å². The topological polar surface area (TPSA) is 111 Å². The van der Waals surface area contributed by atoms with Crippen molar-refractivity contribution in [2.24, 2.45) is 0 Å². The summed E-state index contributed by atoms with van der Waals surface area (Å²) in [5, 5.41) is 2.98. The van der Waals surface area contributed by atoms with E-state index in [2.05, 4.69) is 5.32 Å². The summed E-state index contributed by atoms with van der Waals surface area (Å²) in [7, 11) is -2.74. The first-order valence-electron chi connectivity index (χ1n) is 14.8. The third kappa shape index (κ3) is 7.52. The Morgan fingerprint density at radius 2 is 1.70 bits per heavy atom. The number of nitrogens with zero attached hydrogens (tertiary/aromatic N) is 1. The average Bonchev–Trinajstić information content (AvgIpc) is 3.44. The number of fused-ring (bicyclic) bond motifs is 1. The van der Waals surface area contributed by atoms with E-state index in [-0.39, 0.29) is 29.5 Å². The van der Waals surface area contributed by atoms with E-state index in [9.17, 15) is 22.4 Å². The second kappa shape index (κ2) is 13.6. The Bertz CT molecular complexity index is 1890. The number of esters is 1. The molecule has 1 aliphatic heterocycles. The van der Waals surface area contributed by atoms with Crippen LogP contribution in [0.4, 0.5) is 10.1 Å². The molecule has 12 heteroatoms. The Balaban J connectivity index is 1.30. The number of nitrogens with one attached hydrogen (secondary N) is 1. The van der Waals surface area contributed by atoms with E-state index in [1.165, 1.54) is 37.4 Å². The lowest BCUT2D eigenvalue weighted by molar-refractivity contribution is -0.122. The van der Waals surface area contributed by atoms with E-state index in [4.69, 9.17) is 25.8 Å². The minimum atomic E-state index is -4.23. The van der Waals surface area contributed by atoms with Gasteiger partial charge in [0.05, 0.1) is 34.8 Å². The molecule has 1 unspecified atom stereocenters. The van der Waals surface area contributed by atoms with Gasteiger partial charge in [-0.05, 0) is 93.1 Å². The van der Waals surface area contributed by atoms with Crippen molar-refractivity contribution < 1.29 is 36.6 Å². The standard InChI is InChI=1S/C35H34ClFN2O7S/c1-35(2,3)46-34(41)23-8-13-25(14-9-23)45-19-18-38-33(40)31-21-28-30(6-5-7-32(28)44-4)39(31)47(42,43)26-15-10-22(11-16-26)27-17-12-24(37)20-29(27)36/h5-17,20,31H,18-19,21H2,1-4H3,(H,38,40). The van der Waals surface area contributed by atoms with Crippen molar-refractivity contribution in [3.05, 3.63) is 107 Å². The molecule has 0 aromatic heterocycles. The van der Waals surface area contributed by atoms with E-state index in [0.29, 0.717) is 39.4 Å². The lowest BCUT2D eigenvalue weighted by atomic mass is 10.1. The Hall–Kier alpha value is -4.61. The van der Waals surface area contributed by atoms with Gasteiger partial charge < -0.3 is 19.5 Å². The van der Waals surface area contributed by atoms with Crippen molar-refractivity contribution in [2.75, 3.05) is 24.6 Å². The van der Waals surface area contributed by atoms with Gasteiger partial charge in [0.15, 0.2) is 0 Å². The average molecular weight is 681 g/mol. The van der Waals surface area contributed by atoms with Crippen LogP contribution in [0, 0.1) is 5.82 Å². The Kier molecular flexibility index (Phi) is 9.78. The molecule has 1 heterocycles. The maximum Gasteiger partial charge on any atom is 0.338 e. The van der Waals surface area contributed by atoms with E-state index in [1.54, 1.807) is 75.4 Å². The van der Waals surface area contributed by atoms with Crippen molar-refractivity contribution in [2.45, 2.75) is 43.7 Å². The van der Waals surface area contributed by atoms with Crippen LogP contribution in [0.25, 0.3) is 11.1 Å². The number of hydrogen-bond acceptors (Lipinski definition) is 7. The fraction of sp³-hybridized carbons (Fsp3) is 0.257. The molecule has 0 fully saturated rings. The number of amides is 1. The van der Waals surface area contributed by atoms with E-state index in [1.807, 2.05) is 0 Å². The molecule has 1 aliphatic rings. The quantitative estimate of drug-likeness (QED) is 0.152. The molecule has 1 amide bonds. The van der Waals surface area contributed by atoms with E-state index < -0.39 is 39.4 Å². The third-order valence-electron chi connectivity index (χ3n) is 7.36. The number of halogens is 2. The van der Waals surface area contributed by atoms with Gasteiger partial charge in [0.2, 0.25) is 5.91 Å². The zero-order valence-corrected chi connectivity index (χ0v) is 27.8. The highest BCUT2D eigenvalue weighted by atomic mass is 35.5. The third-order valence-corrected chi connectivity index (χ3v) is 9.51. The summed E-state index contributed by atoms with van der Waals surface area (Å²) in [6, 6.07) is 20.4. The van der Waals surface area contributed by atoms with Crippen molar-refractivity contribution in [3.8, 4) is 22.6 Å². The fourth-order valence-electron chi connectivity index (χ4n) is 5.23. The molecule has 0 aliphatic carbocycles. The highest BCUT2D eigenvalue weighted by molar-refractivity contribution is 7.93. The van der Waals surface area contributed by atoms with Crippen LogP contribution in [0.1, 0.15) is 36.7 Å². The maximum atomic E-state index is 14.1. The Labute approximate surface area is 278 Å². The Morgan fingerprint density at radius 1 is 1.00 bits per heavy atom. The minimum absolute atomic E-state index is 0.0360. The van der Waals surface area contributed by atoms with Gasteiger partial charge >= 0.3 is 5.97 Å². The van der Waals surface area contributed by atoms with Crippen LogP contribution < -0.4 is 19.1 Å². The molecular weight excluding hydrogens is 647 g/mol. The van der Waals surface area contributed by atoms with Gasteiger partial charge in [0.25, 0.3) is 10.0 Å². The van der Waals surface area contributed by atoms with Gasteiger partial charge in [-0.25, -0.2) is 17.6 Å². The second-order valence-corrected chi connectivity index (χ2v) is 14.0. The highest BCUT2D eigenvalue weighted by Crippen LogP contribution is 2.42. The molecule has 0 radical (unpaired) electrons. The van der Waals surface area contributed by atoms with Crippen molar-refractivity contribution in [1.82, 2.24) is 5.32 Å². The van der Waals surface area contributed by atoms with Crippen molar-refractivity contribution >= 4 is 39.2 Å². The SMILES string of the molecule is COc1cccc2c1CC(C(=O)NCCOc1ccc(C(=O)OC(C)(C)C)cc1)N2S(=O)(=O)c1ccc(-c2ccc(F)cc2Cl)cc1. The smallest absolute Gasteiger partial charge is 0.338 e. The number of hydrogen-bond donors (Lipinski definition) is 1. The van der Waals surface area contributed by atoms with Crippen molar-refractivity contribution in [1.29, 1.82) is 0 Å². The maximum absolute atomic E-state index is 14.1. The molecule has 1 N–H and O–H groups in total. The summed E-state index contributed by atoms with van der Waals surface area (Å²) < 4.78 is 59.5. The lowest BCUT2D eigenvalue weighted by Gasteiger charge is -2.26. The van der Waals surface area contributed by atoms with Gasteiger partial charge in [0.1, 0.15) is 35.6 Å². The molecule has 1 atom stereocenters.